The van der Waals surface area contributed by atoms with E-state index in [0.717, 1.165) is 27.8 Å². The number of hydrogen-bond acceptors (Lipinski definition) is 11. The molecule has 0 aromatic heterocycles. The molecule has 4 fully saturated rings. The Bertz CT molecular complexity index is 2100. The number of carbonyl (C=O) groups excluding carboxylic acids is 1. The first-order valence-electron chi connectivity index (χ1n) is 20.9. The van der Waals surface area contributed by atoms with E-state index < -0.39 is 73.7 Å². The fourth-order valence-electron chi connectivity index (χ4n) is 8.45. The molecule has 11 atom stereocenters. The van der Waals surface area contributed by atoms with Crippen molar-refractivity contribution in [3.8, 4) is 0 Å². The van der Waals surface area contributed by atoms with E-state index in [1.165, 1.54) is 0 Å². The number of amides is 1. The van der Waals surface area contributed by atoms with E-state index in [1.807, 2.05) is 152 Å². The average molecular weight is 830 g/mol. The maximum absolute atomic E-state index is 13.8. The second kappa shape index (κ2) is 19.8. The number of fused-ring (bicyclic) bond motifs is 3. The molecule has 12 heteroatoms. The molecule has 5 aromatic rings. The summed E-state index contributed by atoms with van der Waals surface area (Å²) in [6, 6.07) is 48.7. The van der Waals surface area contributed by atoms with Gasteiger partial charge in [0, 0.05) is 19.2 Å². The molecule has 5 aromatic carbocycles. The van der Waals surface area contributed by atoms with E-state index in [4.69, 9.17) is 47.4 Å². The normalized spacial score (nSPS) is 29.7. The first kappa shape index (κ1) is 41.4. The molecular formula is C49H51NO11. The van der Waals surface area contributed by atoms with Crippen LogP contribution >= 0.6 is 0 Å². The van der Waals surface area contributed by atoms with Crippen LogP contribution in [0.2, 0.25) is 0 Å². The monoisotopic (exact) mass is 829 g/mol. The highest BCUT2D eigenvalue weighted by molar-refractivity contribution is 5.71. The number of methoxy groups -OCH3 is 1. The summed E-state index contributed by atoms with van der Waals surface area (Å²) in [7, 11) is 1.59. The fraction of sp³-hybridized carbons (Fsp3) is 0.367. The predicted molar refractivity (Wildman–Crippen MR) is 221 cm³/mol. The third-order valence-corrected chi connectivity index (χ3v) is 11.5. The summed E-state index contributed by atoms with van der Waals surface area (Å²) in [5.41, 5.74) is 4.76. The molecule has 0 bridgehead atoms. The molecule has 61 heavy (non-hydrogen) atoms. The highest BCUT2D eigenvalue weighted by Gasteiger charge is 2.59. The molecule has 4 aliphatic rings. The van der Waals surface area contributed by atoms with E-state index in [2.05, 4.69) is 0 Å². The Balaban J connectivity index is 1.00. The lowest BCUT2D eigenvalue weighted by atomic mass is 9.95. The maximum Gasteiger partial charge on any atom is 0.411 e. The van der Waals surface area contributed by atoms with Gasteiger partial charge >= 0.3 is 6.09 Å². The van der Waals surface area contributed by atoms with Crippen molar-refractivity contribution in [2.24, 2.45) is 0 Å². The van der Waals surface area contributed by atoms with Gasteiger partial charge in [0.05, 0.1) is 33.0 Å². The van der Waals surface area contributed by atoms with Gasteiger partial charge in [-0.15, -0.1) is 0 Å². The number of benzene rings is 5. The van der Waals surface area contributed by atoms with Crippen molar-refractivity contribution in [3.63, 3.8) is 0 Å². The standard InChI is InChI=1S/C49H51NO11/c1-52-48-45(55-30-36-23-13-5-14-24-36)44(54-29-35-21-11-4-12-22-35)41(53-28-34-19-9-3-10-20-34)38(59-48)31-57-47-40-43(61-49(51)50(40)27-33-17-7-2-8-18-33)42-39(58-47)32-56-46(60-42)37-25-15-6-16-26-37/h2-26,38-48H,27-32H2,1H3/t38-,39-,40-,41-,42-,43-,44+,45-,46-,47-,48+/m1/s1. The van der Waals surface area contributed by atoms with Crippen LogP contribution in [-0.2, 0) is 73.7 Å². The van der Waals surface area contributed by atoms with Gasteiger partial charge in [0.25, 0.3) is 0 Å². The SMILES string of the molecule is CO[C@H]1O[C@H](CO[C@@H]2O[C@@H]3CO[C@@H](c4ccccc4)O[C@H]3[C@@H]3OC(=O)N(Cc4ccccc4)[C@@H]23)[C@@H](OCc2ccccc2)[C@H](OCc2ccccc2)[C@H]1OCc1ccccc1. The zero-order valence-electron chi connectivity index (χ0n) is 34.0. The number of nitrogens with zero attached hydrogens (tertiary/aromatic N) is 1. The molecule has 12 nitrogen and oxygen atoms in total. The van der Waals surface area contributed by atoms with Crippen LogP contribution in [0.25, 0.3) is 0 Å². The minimum absolute atomic E-state index is 0.0110. The summed E-state index contributed by atoms with van der Waals surface area (Å²) in [6.07, 6.45) is -7.60. The summed E-state index contributed by atoms with van der Waals surface area (Å²) in [4.78, 5) is 15.5. The Morgan fingerprint density at radius 2 is 1.08 bits per heavy atom. The molecule has 318 valence electrons. The summed E-state index contributed by atoms with van der Waals surface area (Å²) in [6.45, 7) is 1.34. The first-order chi connectivity index (χ1) is 30.1. The lowest BCUT2D eigenvalue weighted by Crippen LogP contribution is -2.65. The molecule has 0 unspecified atom stereocenters. The Morgan fingerprint density at radius 1 is 0.557 bits per heavy atom. The molecule has 1 amide bonds. The molecule has 9 rings (SSSR count). The van der Waals surface area contributed by atoms with Gasteiger partial charge in [0.2, 0.25) is 0 Å². The van der Waals surface area contributed by atoms with Crippen LogP contribution < -0.4 is 0 Å². The summed E-state index contributed by atoms with van der Waals surface area (Å²) < 4.78 is 65.4. The van der Waals surface area contributed by atoms with Gasteiger partial charge in [0.15, 0.2) is 25.0 Å². The zero-order valence-corrected chi connectivity index (χ0v) is 34.0. The van der Waals surface area contributed by atoms with Crippen LogP contribution in [0, 0.1) is 0 Å². The fourth-order valence-corrected chi connectivity index (χ4v) is 8.45. The van der Waals surface area contributed by atoms with Crippen LogP contribution in [-0.4, -0.2) is 92.7 Å². The van der Waals surface area contributed by atoms with Gasteiger partial charge in [-0.05, 0) is 22.3 Å². The molecule has 4 aliphatic heterocycles. The highest BCUT2D eigenvalue weighted by atomic mass is 16.8. The topological polar surface area (TPSA) is 113 Å². The minimum Gasteiger partial charge on any atom is -0.441 e. The van der Waals surface area contributed by atoms with Crippen molar-refractivity contribution in [1.29, 1.82) is 0 Å². The van der Waals surface area contributed by atoms with Gasteiger partial charge in [-0.2, -0.15) is 0 Å². The highest BCUT2D eigenvalue weighted by Crippen LogP contribution is 2.41. The van der Waals surface area contributed by atoms with Crippen molar-refractivity contribution in [1.82, 2.24) is 4.90 Å². The number of hydrogen-bond donors (Lipinski definition) is 0. The molecule has 0 saturated carbocycles. The lowest BCUT2D eigenvalue weighted by Gasteiger charge is -2.48. The van der Waals surface area contributed by atoms with Crippen LogP contribution in [0.1, 0.15) is 34.1 Å². The summed E-state index contributed by atoms with van der Waals surface area (Å²) in [5.74, 6) is 0. The van der Waals surface area contributed by atoms with Crippen molar-refractivity contribution < 1.29 is 52.2 Å². The van der Waals surface area contributed by atoms with E-state index in [9.17, 15) is 4.79 Å². The Labute approximate surface area is 356 Å². The van der Waals surface area contributed by atoms with Gasteiger partial charge < -0.3 is 47.4 Å². The Kier molecular flexibility index (Phi) is 13.4. The molecular weight excluding hydrogens is 779 g/mol. The Hall–Kier alpha value is -4.99. The predicted octanol–water partition coefficient (Wildman–Crippen LogP) is 7.36. The van der Waals surface area contributed by atoms with Crippen LogP contribution in [0.5, 0.6) is 0 Å². The maximum atomic E-state index is 13.8. The quantitative estimate of drug-likeness (QED) is 0.0995. The van der Waals surface area contributed by atoms with Crippen molar-refractivity contribution in [3.05, 3.63) is 179 Å². The summed E-state index contributed by atoms with van der Waals surface area (Å²) in [5, 5.41) is 0. The molecule has 0 aliphatic carbocycles. The number of carbonyl (C=O) groups is 1. The van der Waals surface area contributed by atoms with E-state index >= 15 is 0 Å². The van der Waals surface area contributed by atoms with Crippen LogP contribution in [0.15, 0.2) is 152 Å². The average Bonchev–Trinajstić information content (AvgIpc) is 3.65. The van der Waals surface area contributed by atoms with E-state index in [-0.39, 0.29) is 26.4 Å². The smallest absolute Gasteiger partial charge is 0.411 e. The second-order valence-corrected chi connectivity index (χ2v) is 15.6. The van der Waals surface area contributed by atoms with E-state index in [1.54, 1.807) is 12.0 Å². The second-order valence-electron chi connectivity index (χ2n) is 15.6. The van der Waals surface area contributed by atoms with Gasteiger partial charge in [-0.25, -0.2) is 4.79 Å². The number of rotatable bonds is 16. The number of ether oxygens (including phenoxy) is 10. The molecule has 0 radical (unpaired) electrons. The van der Waals surface area contributed by atoms with Crippen molar-refractivity contribution in [2.75, 3.05) is 20.3 Å². The van der Waals surface area contributed by atoms with Crippen LogP contribution in [0.3, 0.4) is 0 Å². The largest absolute Gasteiger partial charge is 0.441 e. The van der Waals surface area contributed by atoms with Crippen molar-refractivity contribution >= 4 is 6.09 Å². The zero-order chi connectivity index (χ0) is 41.4. The molecule has 0 spiro atoms. The Morgan fingerprint density at radius 3 is 1.66 bits per heavy atom. The van der Waals surface area contributed by atoms with Gasteiger partial charge in [-0.3, -0.25) is 4.90 Å². The van der Waals surface area contributed by atoms with Gasteiger partial charge in [-0.1, -0.05) is 152 Å². The molecule has 0 N–H and O–H groups in total. The minimum atomic E-state index is -0.947. The van der Waals surface area contributed by atoms with Crippen LogP contribution in [0.4, 0.5) is 4.79 Å². The third kappa shape index (κ3) is 9.74. The van der Waals surface area contributed by atoms with Crippen molar-refractivity contribution in [2.45, 2.75) is 94.0 Å². The van der Waals surface area contributed by atoms with E-state index in [0.29, 0.717) is 13.2 Å². The third-order valence-electron chi connectivity index (χ3n) is 11.5. The molecule has 4 heterocycles. The first-order valence-corrected chi connectivity index (χ1v) is 20.9. The summed E-state index contributed by atoms with van der Waals surface area (Å²) >= 11 is 0. The molecule has 4 saturated heterocycles. The van der Waals surface area contributed by atoms with Gasteiger partial charge in [0.1, 0.15) is 42.7 Å². The lowest BCUT2D eigenvalue weighted by molar-refractivity contribution is -0.355.